The van der Waals surface area contributed by atoms with E-state index in [1.807, 2.05) is 6.07 Å². The molecule has 2 heterocycles. The number of benzene rings is 1. The van der Waals surface area contributed by atoms with Crippen LogP contribution in [0.1, 0.15) is 29.9 Å². The Balaban J connectivity index is 1.81. The number of hydrogen-bond acceptors (Lipinski definition) is 4. The van der Waals surface area contributed by atoms with Crippen LogP contribution in [0.15, 0.2) is 59.5 Å². The molecule has 0 unspecified atom stereocenters. The summed E-state index contributed by atoms with van der Waals surface area (Å²) in [5.41, 5.74) is 0.474. The van der Waals surface area contributed by atoms with E-state index >= 15 is 0 Å². The second-order valence-electron chi connectivity index (χ2n) is 6.06. The van der Waals surface area contributed by atoms with Crippen molar-refractivity contribution in [3.8, 4) is 0 Å². The van der Waals surface area contributed by atoms with Crippen molar-refractivity contribution in [1.29, 1.82) is 0 Å². The van der Waals surface area contributed by atoms with Crippen molar-refractivity contribution in [3.63, 3.8) is 0 Å². The monoisotopic (exact) mass is 329 g/mol. The number of nitrogens with one attached hydrogen (secondary N) is 1. The van der Waals surface area contributed by atoms with Crippen molar-refractivity contribution in [2.24, 2.45) is 7.05 Å². The van der Waals surface area contributed by atoms with Crippen LogP contribution in [-0.4, -0.2) is 21.4 Å². The van der Waals surface area contributed by atoms with Crippen LogP contribution in [0.5, 0.6) is 0 Å². The summed E-state index contributed by atoms with van der Waals surface area (Å²) >= 11 is 0. The summed E-state index contributed by atoms with van der Waals surface area (Å²) in [6.07, 6.45) is 5.01. The third kappa shape index (κ3) is 3.55. The number of rotatable bonds is 6. The SMILES string of the molecule is Cn1cc([C@@](C)(O)CN[C@@H](c2ccc(F)cc2)c2ccco2)cn1. The van der Waals surface area contributed by atoms with Gasteiger partial charge in [0.15, 0.2) is 0 Å². The summed E-state index contributed by atoms with van der Waals surface area (Å²) < 4.78 is 20.3. The van der Waals surface area contributed by atoms with Gasteiger partial charge in [0, 0.05) is 25.4 Å². The molecule has 0 aliphatic heterocycles. The summed E-state index contributed by atoms with van der Waals surface area (Å²) in [6, 6.07) is 9.58. The lowest BCUT2D eigenvalue weighted by Crippen LogP contribution is -2.37. The Labute approximate surface area is 139 Å². The minimum Gasteiger partial charge on any atom is -0.467 e. The van der Waals surface area contributed by atoms with E-state index < -0.39 is 5.60 Å². The highest BCUT2D eigenvalue weighted by molar-refractivity contribution is 5.27. The molecule has 0 saturated carbocycles. The molecule has 5 nitrogen and oxygen atoms in total. The lowest BCUT2D eigenvalue weighted by molar-refractivity contribution is 0.0543. The fourth-order valence-corrected chi connectivity index (χ4v) is 2.60. The van der Waals surface area contributed by atoms with E-state index in [4.69, 9.17) is 4.42 Å². The van der Waals surface area contributed by atoms with E-state index in [2.05, 4.69) is 10.4 Å². The molecule has 3 rings (SSSR count). The standard InChI is InChI=1S/C18H20FN3O2/c1-18(23,14-10-21-22(2)11-14)12-20-17(16-4-3-9-24-16)13-5-7-15(19)8-6-13/h3-11,17,20,23H,12H2,1-2H3/t17-,18-/m0/s1. The Morgan fingerprint density at radius 3 is 2.67 bits per heavy atom. The molecule has 0 bridgehead atoms. The van der Waals surface area contributed by atoms with E-state index in [-0.39, 0.29) is 18.4 Å². The molecule has 126 valence electrons. The minimum absolute atomic E-state index is 0.279. The first-order chi connectivity index (χ1) is 11.5. The molecule has 24 heavy (non-hydrogen) atoms. The third-order valence-electron chi connectivity index (χ3n) is 4.01. The number of nitrogens with zero attached hydrogens (tertiary/aromatic N) is 2. The fraction of sp³-hybridized carbons (Fsp3) is 0.278. The number of aliphatic hydroxyl groups is 1. The average molecular weight is 329 g/mol. The summed E-state index contributed by atoms with van der Waals surface area (Å²) in [5.74, 6) is 0.405. The van der Waals surface area contributed by atoms with Gasteiger partial charge in [-0.2, -0.15) is 5.10 Å². The Bertz CT molecular complexity index is 779. The molecule has 0 aliphatic rings. The summed E-state index contributed by atoms with van der Waals surface area (Å²) in [7, 11) is 1.80. The van der Waals surface area contributed by atoms with E-state index in [1.54, 1.807) is 55.5 Å². The molecule has 0 amide bonds. The lowest BCUT2D eigenvalue weighted by atomic mass is 9.97. The highest BCUT2D eigenvalue weighted by Crippen LogP contribution is 2.25. The van der Waals surface area contributed by atoms with Crippen LogP contribution < -0.4 is 5.32 Å². The van der Waals surface area contributed by atoms with Crippen LogP contribution in [0.3, 0.4) is 0 Å². The van der Waals surface area contributed by atoms with Gasteiger partial charge in [0.05, 0.1) is 18.5 Å². The van der Waals surface area contributed by atoms with Gasteiger partial charge in [-0.1, -0.05) is 12.1 Å². The summed E-state index contributed by atoms with van der Waals surface area (Å²) in [4.78, 5) is 0. The van der Waals surface area contributed by atoms with Crippen molar-refractivity contribution in [2.75, 3.05) is 6.54 Å². The molecule has 1 aromatic carbocycles. The van der Waals surface area contributed by atoms with Crippen LogP contribution in [0.25, 0.3) is 0 Å². The van der Waals surface area contributed by atoms with Crippen molar-refractivity contribution in [1.82, 2.24) is 15.1 Å². The second kappa shape index (κ2) is 6.59. The van der Waals surface area contributed by atoms with E-state index in [0.717, 1.165) is 11.1 Å². The predicted molar refractivity (Wildman–Crippen MR) is 87.7 cm³/mol. The van der Waals surface area contributed by atoms with Crippen molar-refractivity contribution in [3.05, 3.63) is 77.8 Å². The molecule has 0 spiro atoms. The largest absolute Gasteiger partial charge is 0.467 e. The van der Waals surface area contributed by atoms with Gasteiger partial charge < -0.3 is 14.8 Å². The Morgan fingerprint density at radius 2 is 2.08 bits per heavy atom. The van der Waals surface area contributed by atoms with Gasteiger partial charge >= 0.3 is 0 Å². The van der Waals surface area contributed by atoms with Gasteiger partial charge in [0.25, 0.3) is 0 Å². The third-order valence-corrected chi connectivity index (χ3v) is 4.01. The molecule has 3 aromatic rings. The highest BCUT2D eigenvalue weighted by Gasteiger charge is 2.27. The molecule has 2 N–H and O–H groups in total. The first-order valence-electron chi connectivity index (χ1n) is 7.69. The minimum atomic E-state index is -1.10. The molecule has 0 saturated heterocycles. The maximum Gasteiger partial charge on any atom is 0.125 e. The van der Waals surface area contributed by atoms with Gasteiger partial charge in [0.1, 0.15) is 17.2 Å². The molecule has 0 radical (unpaired) electrons. The zero-order chi connectivity index (χ0) is 17.2. The van der Waals surface area contributed by atoms with Gasteiger partial charge in [-0.05, 0) is 36.8 Å². The van der Waals surface area contributed by atoms with Gasteiger partial charge in [-0.15, -0.1) is 0 Å². The first-order valence-corrected chi connectivity index (χ1v) is 7.69. The maximum absolute atomic E-state index is 13.2. The predicted octanol–water partition coefficient (Wildman–Crippen LogP) is 2.74. The molecular weight excluding hydrogens is 309 g/mol. The number of halogens is 1. The topological polar surface area (TPSA) is 63.2 Å². The summed E-state index contributed by atoms with van der Waals surface area (Å²) in [5, 5.41) is 18.1. The Morgan fingerprint density at radius 1 is 1.33 bits per heavy atom. The molecule has 0 aliphatic carbocycles. The first kappa shape index (κ1) is 16.4. The lowest BCUT2D eigenvalue weighted by Gasteiger charge is -2.26. The van der Waals surface area contributed by atoms with Crippen LogP contribution in [-0.2, 0) is 12.6 Å². The quantitative estimate of drug-likeness (QED) is 0.730. The fourth-order valence-electron chi connectivity index (χ4n) is 2.60. The Hall–Kier alpha value is -2.44. The van der Waals surface area contributed by atoms with Gasteiger partial charge in [0.2, 0.25) is 0 Å². The van der Waals surface area contributed by atoms with E-state index in [0.29, 0.717) is 5.76 Å². The van der Waals surface area contributed by atoms with Crippen molar-refractivity contribution < 1.29 is 13.9 Å². The summed E-state index contributed by atoms with van der Waals surface area (Å²) in [6.45, 7) is 2.00. The van der Waals surface area contributed by atoms with Crippen LogP contribution >= 0.6 is 0 Å². The van der Waals surface area contributed by atoms with Crippen LogP contribution in [0.2, 0.25) is 0 Å². The number of aryl methyl sites for hydroxylation is 1. The molecule has 2 atom stereocenters. The van der Waals surface area contributed by atoms with Crippen LogP contribution in [0, 0.1) is 5.82 Å². The number of hydrogen-bond donors (Lipinski definition) is 2. The number of furan rings is 1. The van der Waals surface area contributed by atoms with E-state index in [1.165, 1.54) is 12.1 Å². The molecular formula is C18H20FN3O2. The number of aromatic nitrogens is 2. The molecule has 2 aromatic heterocycles. The zero-order valence-corrected chi connectivity index (χ0v) is 13.6. The van der Waals surface area contributed by atoms with Crippen LogP contribution in [0.4, 0.5) is 4.39 Å². The zero-order valence-electron chi connectivity index (χ0n) is 13.6. The second-order valence-corrected chi connectivity index (χ2v) is 6.06. The van der Waals surface area contributed by atoms with Gasteiger partial charge in [-0.3, -0.25) is 4.68 Å². The van der Waals surface area contributed by atoms with Crippen molar-refractivity contribution >= 4 is 0 Å². The smallest absolute Gasteiger partial charge is 0.125 e. The normalized spacial score (nSPS) is 15.2. The van der Waals surface area contributed by atoms with E-state index in [9.17, 15) is 9.50 Å². The van der Waals surface area contributed by atoms with Crippen molar-refractivity contribution in [2.45, 2.75) is 18.6 Å². The average Bonchev–Trinajstić information content (AvgIpc) is 3.21. The Kier molecular flexibility index (Phi) is 4.51. The van der Waals surface area contributed by atoms with Gasteiger partial charge in [-0.25, -0.2) is 4.39 Å². The highest BCUT2D eigenvalue weighted by atomic mass is 19.1. The molecule has 6 heteroatoms. The molecule has 0 fully saturated rings. The maximum atomic E-state index is 13.2.